The van der Waals surface area contributed by atoms with Crippen LogP contribution in [0.3, 0.4) is 0 Å². The van der Waals surface area contributed by atoms with Crippen molar-refractivity contribution in [3.63, 3.8) is 0 Å². The second-order valence-corrected chi connectivity index (χ2v) is 6.44. The summed E-state index contributed by atoms with van der Waals surface area (Å²) in [6, 6.07) is 7.64. The highest BCUT2D eigenvalue weighted by atomic mass is 16.1. The molecule has 1 fully saturated rings. The average Bonchev–Trinajstić information content (AvgIpc) is 2.49. The number of pyridine rings is 2. The van der Waals surface area contributed by atoms with Gasteiger partial charge in [-0.05, 0) is 49.6 Å². The predicted molar refractivity (Wildman–Crippen MR) is 86.8 cm³/mol. The quantitative estimate of drug-likeness (QED) is 0.836. The van der Waals surface area contributed by atoms with Gasteiger partial charge >= 0.3 is 0 Å². The first-order chi connectivity index (χ1) is 10.6. The number of nitrogens with one attached hydrogen (secondary N) is 1. The summed E-state index contributed by atoms with van der Waals surface area (Å²) in [5.74, 6) is 1.52. The van der Waals surface area contributed by atoms with E-state index in [1.54, 1.807) is 12.1 Å². The number of piperidine rings is 1. The van der Waals surface area contributed by atoms with E-state index in [-0.39, 0.29) is 5.56 Å². The van der Waals surface area contributed by atoms with Crippen molar-refractivity contribution in [1.82, 2.24) is 14.9 Å². The summed E-state index contributed by atoms with van der Waals surface area (Å²) < 4.78 is 1.96. The van der Waals surface area contributed by atoms with Gasteiger partial charge in [0.15, 0.2) is 0 Å². The molecule has 2 bridgehead atoms. The topological polar surface area (TPSA) is 72.9 Å². The van der Waals surface area contributed by atoms with Crippen molar-refractivity contribution in [2.75, 3.05) is 18.8 Å². The summed E-state index contributed by atoms with van der Waals surface area (Å²) in [5.41, 5.74) is 9.78. The maximum Gasteiger partial charge on any atom is 0.251 e. The third-order valence-corrected chi connectivity index (χ3v) is 4.88. The first-order valence-electron chi connectivity index (χ1n) is 7.81. The summed E-state index contributed by atoms with van der Waals surface area (Å²) in [5, 5.41) is 3.48. The van der Waals surface area contributed by atoms with Gasteiger partial charge in [-0.3, -0.25) is 4.79 Å². The fourth-order valence-electron chi connectivity index (χ4n) is 3.85. The molecule has 0 amide bonds. The fraction of sp³-hybridized carbons (Fsp3) is 0.412. The standard InChI is InChI=1S/C17H20N4O/c1-10-14(2-3-16(18)20-10)12-5-15-13-4-11(7-19-8-13)9-21(15)17(22)6-12/h2-3,5-6,11,13,19H,4,7-9H2,1H3,(H2,18,20)/t11-,13+/m0/s1. The van der Waals surface area contributed by atoms with Crippen molar-refractivity contribution in [2.45, 2.75) is 25.8 Å². The molecular formula is C17H20N4O. The highest BCUT2D eigenvalue weighted by molar-refractivity contribution is 5.67. The van der Waals surface area contributed by atoms with Crippen LogP contribution < -0.4 is 16.6 Å². The first kappa shape index (κ1) is 13.5. The number of anilines is 1. The molecule has 0 radical (unpaired) electrons. The summed E-state index contributed by atoms with van der Waals surface area (Å²) in [7, 11) is 0. The molecule has 2 aliphatic rings. The van der Waals surface area contributed by atoms with Crippen LogP contribution in [0.2, 0.25) is 0 Å². The molecule has 2 atom stereocenters. The molecular weight excluding hydrogens is 276 g/mol. The van der Waals surface area contributed by atoms with Crippen molar-refractivity contribution in [1.29, 1.82) is 0 Å². The van der Waals surface area contributed by atoms with E-state index in [4.69, 9.17) is 5.73 Å². The number of hydrogen-bond acceptors (Lipinski definition) is 4. The molecule has 4 heterocycles. The highest BCUT2D eigenvalue weighted by Gasteiger charge is 2.31. The second-order valence-electron chi connectivity index (χ2n) is 6.44. The molecule has 4 rings (SSSR count). The van der Waals surface area contributed by atoms with Gasteiger partial charge in [0.25, 0.3) is 5.56 Å². The van der Waals surface area contributed by atoms with Crippen molar-refractivity contribution >= 4 is 5.82 Å². The lowest BCUT2D eigenvalue weighted by Crippen LogP contribution is -2.44. The third kappa shape index (κ3) is 2.13. The lowest BCUT2D eigenvalue weighted by atomic mass is 9.83. The minimum Gasteiger partial charge on any atom is -0.384 e. The number of nitrogens with two attached hydrogens (primary N) is 1. The van der Waals surface area contributed by atoms with Gasteiger partial charge in [0.2, 0.25) is 0 Å². The van der Waals surface area contributed by atoms with E-state index in [1.807, 2.05) is 17.6 Å². The number of aromatic nitrogens is 2. The van der Waals surface area contributed by atoms with Crippen LogP contribution >= 0.6 is 0 Å². The van der Waals surface area contributed by atoms with E-state index in [1.165, 1.54) is 6.42 Å². The van der Waals surface area contributed by atoms with Crippen LogP contribution in [0.5, 0.6) is 0 Å². The molecule has 5 nitrogen and oxygen atoms in total. The van der Waals surface area contributed by atoms with Gasteiger partial charge in [-0.1, -0.05) is 0 Å². The molecule has 2 aromatic heterocycles. The summed E-state index contributed by atoms with van der Waals surface area (Å²) in [6.07, 6.45) is 1.18. The number of aryl methyl sites for hydroxylation is 1. The summed E-state index contributed by atoms with van der Waals surface area (Å²) >= 11 is 0. The SMILES string of the molecule is Cc1nc(N)ccc1-c1cc2n(c(=O)c1)C[C@@H]1CNC[C@H]2C1. The molecule has 2 aromatic rings. The predicted octanol–water partition coefficient (Wildman–Crippen LogP) is 1.51. The maximum atomic E-state index is 12.6. The number of nitrogens with zero attached hydrogens (tertiary/aromatic N) is 2. The van der Waals surface area contributed by atoms with E-state index < -0.39 is 0 Å². The average molecular weight is 296 g/mol. The van der Waals surface area contributed by atoms with Crippen LogP contribution in [-0.2, 0) is 6.54 Å². The van der Waals surface area contributed by atoms with Gasteiger partial charge in [-0.2, -0.15) is 0 Å². The lowest BCUT2D eigenvalue weighted by Gasteiger charge is -2.37. The van der Waals surface area contributed by atoms with Crippen molar-refractivity contribution in [3.8, 4) is 11.1 Å². The third-order valence-electron chi connectivity index (χ3n) is 4.88. The van der Waals surface area contributed by atoms with Gasteiger partial charge in [0.05, 0.1) is 0 Å². The Bertz CT molecular complexity index is 796. The molecule has 2 aliphatic heterocycles. The van der Waals surface area contributed by atoms with E-state index >= 15 is 0 Å². The molecule has 0 spiro atoms. The first-order valence-corrected chi connectivity index (χ1v) is 7.81. The van der Waals surface area contributed by atoms with Crippen LogP contribution in [0.1, 0.15) is 23.7 Å². The van der Waals surface area contributed by atoms with Gasteiger partial charge < -0.3 is 15.6 Å². The molecule has 0 saturated carbocycles. The number of nitrogen functional groups attached to an aromatic ring is 1. The normalized spacial score (nSPS) is 23.1. The Morgan fingerprint density at radius 3 is 3.00 bits per heavy atom. The van der Waals surface area contributed by atoms with Crippen molar-refractivity contribution in [2.24, 2.45) is 5.92 Å². The number of hydrogen-bond donors (Lipinski definition) is 2. The number of rotatable bonds is 1. The Balaban J connectivity index is 1.86. The van der Waals surface area contributed by atoms with E-state index in [0.717, 1.165) is 42.1 Å². The van der Waals surface area contributed by atoms with Crippen LogP contribution in [-0.4, -0.2) is 22.6 Å². The van der Waals surface area contributed by atoms with Gasteiger partial charge in [-0.25, -0.2) is 4.98 Å². The van der Waals surface area contributed by atoms with Gasteiger partial charge in [0, 0.05) is 42.0 Å². The van der Waals surface area contributed by atoms with Crippen LogP contribution in [0.4, 0.5) is 5.82 Å². The minimum atomic E-state index is 0.0975. The highest BCUT2D eigenvalue weighted by Crippen LogP contribution is 2.34. The molecule has 114 valence electrons. The molecule has 0 aromatic carbocycles. The Morgan fingerprint density at radius 2 is 2.18 bits per heavy atom. The zero-order valence-electron chi connectivity index (χ0n) is 12.7. The van der Waals surface area contributed by atoms with Crippen LogP contribution in [0.15, 0.2) is 29.1 Å². The van der Waals surface area contributed by atoms with E-state index in [0.29, 0.717) is 17.7 Å². The smallest absolute Gasteiger partial charge is 0.251 e. The molecule has 3 N–H and O–H groups in total. The van der Waals surface area contributed by atoms with Crippen molar-refractivity contribution in [3.05, 3.63) is 46.0 Å². The minimum absolute atomic E-state index is 0.0975. The molecule has 0 unspecified atom stereocenters. The van der Waals surface area contributed by atoms with Crippen LogP contribution in [0.25, 0.3) is 11.1 Å². The van der Waals surface area contributed by atoms with Gasteiger partial charge in [0.1, 0.15) is 5.82 Å². The second kappa shape index (κ2) is 4.95. The molecule has 5 heteroatoms. The van der Waals surface area contributed by atoms with E-state index in [9.17, 15) is 4.79 Å². The maximum absolute atomic E-state index is 12.6. The van der Waals surface area contributed by atoms with Crippen LogP contribution in [0, 0.1) is 12.8 Å². The Labute approximate surface area is 129 Å². The molecule has 1 saturated heterocycles. The number of fused-ring (bicyclic) bond motifs is 4. The zero-order chi connectivity index (χ0) is 15.3. The zero-order valence-corrected chi connectivity index (χ0v) is 12.7. The Morgan fingerprint density at radius 1 is 1.32 bits per heavy atom. The largest absolute Gasteiger partial charge is 0.384 e. The lowest BCUT2D eigenvalue weighted by molar-refractivity contribution is 0.257. The summed E-state index contributed by atoms with van der Waals surface area (Å²) in [4.78, 5) is 16.9. The Kier molecular flexibility index (Phi) is 3.04. The Hall–Kier alpha value is -2.14. The monoisotopic (exact) mass is 296 g/mol. The molecule has 22 heavy (non-hydrogen) atoms. The van der Waals surface area contributed by atoms with Gasteiger partial charge in [-0.15, -0.1) is 0 Å². The fourth-order valence-corrected chi connectivity index (χ4v) is 3.85. The molecule has 0 aliphatic carbocycles. The summed E-state index contributed by atoms with van der Waals surface area (Å²) in [6.45, 7) is 4.74. The van der Waals surface area contributed by atoms with Crippen molar-refractivity contribution < 1.29 is 0 Å². The van der Waals surface area contributed by atoms with E-state index in [2.05, 4.69) is 16.4 Å².